The van der Waals surface area contributed by atoms with E-state index in [4.69, 9.17) is 0 Å². The van der Waals surface area contributed by atoms with Crippen LogP contribution in [0.3, 0.4) is 0 Å². The largest absolute Gasteiger partial charge is 0.349 e. The van der Waals surface area contributed by atoms with Crippen molar-refractivity contribution in [2.24, 2.45) is 11.8 Å². The normalized spacial score (nSPS) is 40.0. The molecule has 1 aliphatic heterocycles. The third kappa shape index (κ3) is 2.97. The van der Waals surface area contributed by atoms with Gasteiger partial charge in [0.15, 0.2) is 0 Å². The van der Waals surface area contributed by atoms with Gasteiger partial charge in [0.2, 0.25) is 5.91 Å². The van der Waals surface area contributed by atoms with Gasteiger partial charge in [0.1, 0.15) is 9.84 Å². The molecule has 120 valence electrons. The van der Waals surface area contributed by atoms with Gasteiger partial charge in [0.25, 0.3) is 0 Å². The van der Waals surface area contributed by atoms with Crippen molar-refractivity contribution >= 4 is 15.7 Å². The van der Waals surface area contributed by atoms with Crippen LogP contribution in [0.1, 0.15) is 44.9 Å². The molecule has 0 unspecified atom stereocenters. The second-order valence-corrected chi connectivity index (χ2v) is 9.49. The van der Waals surface area contributed by atoms with E-state index in [0.717, 1.165) is 19.5 Å². The Labute approximate surface area is 127 Å². The molecule has 1 heterocycles. The average molecular weight is 314 g/mol. The molecule has 0 aromatic heterocycles. The average Bonchev–Trinajstić information content (AvgIpc) is 2.97. The summed E-state index contributed by atoms with van der Waals surface area (Å²) in [7, 11) is -2.95. The van der Waals surface area contributed by atoms with E-state index in [-0.39, 0.29) is 22.6 Å². The fraction of sp³-hybridized carbons (Fsp3) is 0.933. The van der Waals surface area contributed by atoms with E-state index >= 15 is 0 Å². The Balaban J connectivity index is 1.58. The van der Waals surface area contributed by atoms with E-state index < -0.39 is 9.84 Å². The number of fused-ring (bicyclic) bond motifs is 1. The SMILES string of the molecule is CS(=O)(=O)C1CCC(C(=O)N[C@]23CCC[C@H]2CNC3)CC1. The molecule has 2 N–H and O–H groups in total. The van der Waals surface area contributed by atoms with E-state index in [9.17, 15) is 13.2 Å². The van der Waals surface area contributed by atoms with Gasteiger partial charge in [-0.2, -0.15) is 0 Å². The molecular weight excluding hydrogens is 288 g/mol. The van der Waals surface area contributed by atoms with Gasteiger partial charge in [-0.3, -0.25) is 4.79 Å². The minimum absolute atomic E-state index is 0.000718. The molecule has 21 heavy (non-hydrogen) atoms. The number of carbonyl (C=O) groups excluding carboxylic acids is 1. The van der Waals surface area contributed by atoms with Gasteiger partial charge >= 0.3 is 0 Å². The summed E-state index contributed by atoms with van der Waals surface area (Å²) in [6.45, 7) is 1.91. The standard InChI is InChI=1S/C15H26N2O3S/c1-21(19,20)13-6-4-11(5-7-13)14(18)17-15-8-2-3-12(15)9-16-10-15/h11-13,16H,2-10H2,1H3,(H,17,18)/t11?,12-,13?,15-/m0/s1. The maximum Gasteiger partial charge on any atom is 0.223 e. The van der Waals surface area contributed by atoms with Crippen molar-refractivity contribution in [2.75, 3.05) is 19.3 Å². The summed E-state index contributed by atoms with van der Waals surface area (Å²) < 4.78 is 23.2. The molecule has 2 saturated carbocycles. The van der Waals surface area contributed by atoms with Crippen LogP contribution in [-0.2, 0) is 14.6 Å². The minimum atomic E-state index is -2.95. The molecule has 3 fully saturated rings. The van der Waals surface area contributed by atoms with E-state index in [0.29, 0.717) is 31.6 Å². The third-order valence-electron chi connectivity index (χ3n) is 5.81. The molecule has 5 nitrogen and oxygen atoms in total. The highest BCUT2D eigenvalue weighted by atomic mass is 32.2. The fourth-order valence-corrected chi connectivity index (χ4v) is 5.58. The molecule has 0 radical (unpaired) electrons. The van der Waals surface area contributed by atoms with Crippen molar-refractivity contribution in [1.29, 1.82) is 0 Å². The topological polar surface area (TPSA) is 75.3 Å². The summed E-state index contributed by atoms with van der Waals surface area (Å²) in [6, 6.07) is 0. The zero-order valence-electron chi connectivity index (χ0n) is 12.7. The fourth-order valence-electron chi connectivity index (χ4n) is 4.45. The zero-order valence-corrected chi connectivity index (χ0v) is 13.5. The van der Waals surface area contributed by atoms with Crippen LogP contribution in [0, 0.1) is 11.8 Å². The van der Waals surface area contributed by atoms with Crippen molar-refractivity contribution in [3.63, 3.8) is 0 Å². The van der Waals surface area contributed by atoms with Gasteiger partial charge in [-0.15, -0.1) is 0 Å². The number of rotatable bonds is 3. The third-order valence-corrected chi connectivity index (χ3v) is 7.49. The molecule has 2 aliphatic carbocycles. The van der Waals surface area contributed by atoms with Gasteiger partial charge in [0, 0.05) is 25.3 Å². The summed E-state index contributed by atoms with van der Waals surface area (Å²) in [4.78, 5) is 12.6. The Kier molecular flexibility index (Phi) is 4.03. The number of nitrogens with one attached hydrogen (secondary N) is 2. The summed E-state index contributed by atoms with van der Waals surface area (Å²) >= 11 is 0. The zero-order chi connectivity index (χ0) is 15.1. The van der Waals surface area contributed by atoms with Crippen LogP contribution in [-0.4, -0.2) is 44.5 Å². The number of amides is 1. The first-order chi connectivity index (χ1) is 9.91. The molecular formula is C15H26N2O3S. The number of hydrogen-bond acceptors (Lipinski definition) is 4. The lowest BCUT2D eigenvalue weighted by Crippen LogP contribution is -2.54. The highest BCUT2D eigenvalue weighted by Crippen LogP contribution is 2.39. The van der Waals surface area contributed by atoms with E-state index in [2.05, 4.69) is 10.6 Å². The van der Waals surface area contributed by atoms with Crippen molar-refractivity contribution in [3.8, 4) is 0 Å². The summed E-state index contributed by atoms with van der Waals surface area (Å²) in [5.41, 5.74) is -0.0231. The molecule has 0 aromatic rings. The van der Waals surface area contributed by atoms with E-state index in [1.165, 1.54) is 19.1 Å². The minimum Gasteiger partial charge on any atom is -0.349 e. The van der Waals surface area contributed by atoms with Gasteiger partial charge in [-0.25, -0.2) is 8.42 Å². The summed E-state index contributed by atoms with van der Waals surface area (Å²) in [6.07, 6.45) is 7.47. The highest BCUT2D eigenvalue weighted by Gasteiger charge is 2.48. The summed E-state index contributed by atoms with van der Waals surface area (Å²) in [5.74, 6) is 0.727. The van der Waals surface area contributed by atoms with Crippen molar-refractivity contribution in [3.05, 3.63) is 0 Å². The Morgan fingerprint density at radius 3 is 2.57 bits per heavy atom. The molecule has 1 saturated heterocycles. The van der Waals surface area contributed by atoms with Gasteiger partial charge in [-0.05, 0) is 44.4 Å². The Hall–Kier alpha value is -0.620. The first kappa shape index (κ1) is 15.3. The predicted molar refractivity (Wildman–Crippen MR) is 81.7 cm³/mol. The number of sulfone groups is 1. The molecule has 1 amide bonds. The second kappa shape index (κ2) is 5.54. The van der Waals surface area contributed by atoms with Crippen LogP contribution in [0.2, 0.25) is 0 Å². The molecule has 3 rings (SSSR count). The molecule has 2 atom stereocenters. The molecule has 0 aromatic carbocycles. The lowest BCUT2D eigenvalue weighted by molar-refractivity contribution is -0.128. The lowest BCUT2D eigenvalue weighted by Gasteiger charge is -2.34. The Morgan fingerprint density at radius 1 is 1.19 bits per heavy atom. The van der Waals surface area contributed by atoms with Crippen LogP contribution >= 0.6 is 0 Å². The second-order valence-electron chi connectivity index (χ2n) is 7.17. The van der Waals surface area contributed by atoms with Crippen molar-refractivity contribution < 1.29 is 13.2 Å². The van der Waals surface area contributed by atoms with Crippen molar-refractivity contribution in [2.45, 2.75) is 55.7 Å². The van der Waals surface area contributed by atoms with Gasteiger partial charge in [-0.1, -0.05) is 6.42 Å². The highest BCUT2D eigenvalue weighted by molar-refractivity contribution is 7.91. The van der Waals surface area contributed by atoms with Crippen LogP contribution in [0.25, 0.3) is 0 Å². The lowest BCUT2D eigenvalue weighted by atomic mass is 9.85. The summed E-state index contributed by atoms with van der Waals surface area (Å²) in [5, 5.41) is 6.49. The van der Waals surface area contributed by atoms with Gasteiger partial charge < -0.3 is 10.6 Å². The molecule has 0 bridgehead atoms. The van der Waals surface area contributed by atoms with E-state index in [1.54, 1.807) is 0 Å². The first-order valence-electron chi connectivity index (χ1n) is 8.12. The van der Waals surface area contributed by atoms with Crippen LogP contribution in [0.5, 0.6) is 0 Å². The first-order valence-corrected chi connectivity index (χ1v) is 10.1. The van der Waals surface area contributed by atoms with Gasteiger partial charge in [0.05, 0.1) is 10.8 Å². The van der Waals surface area contributed by atoms with Crippen LogP contribution in [0.15, 0.2) is 0 Å². The smallest absolute Gasteiger partial charge is 0.223 e. The Morgan fingerprint density at radius 2 is 1.90 bits per heavy atom. The number of hydrogen-bond donors (Lipinski definition) is 2. The van der Waals surface area contributed by atoms with E-state index in [1.807, 2.05) is 0 Å². The number of carbonyl (C=O) groups is 1. The molecule has 3 aliphatic rings. The molecule has 6 heteroatoms. The van der Waals surface area contributed by atoms with Crippen LogP contribution in [0.4, 0.5) is 0 Å². The maximum atomic E-state index is 12.6. The predicted octanol–water partition coefficient (Wildman–Crippen LogP) is 0.848. The Bertz CT molecular complexity index is 499. The van der Waals surface area contributed by atoms with Crippen LogP contribution < -0.4 is 10.6 Å². The quantitative estimate of drug-likeness (QED) is 0.810. The molecule has 0 spiro atoms. The van der Waals surface area contributed by atoms with Crippen molar-refractivity contribution in [1.82, 2.24) is 10.6 Å². The monoisotopic (exact) mass is 314 g/mol. The maximum absolute atomic E-state index is 12.6.